The number of carbonyl (C=O) groups excluding carboxylic acids is 5. The van der Waals surface area contributed by atoms with E-state index < -0.39 is 40.5 Å². The third-order valence-electron chi connectivity index (χ3n) is 15.4. The van der Waals surface area contributed by atoms with E-state index in [4.69, 9.17) is 35.2 Å². The SMILES string of the molecule is CCOC(=O)COc1c(C(=O)OC)sc(-c2cccc(NC3CC4N(S(=O)(=O)Cc5ccc6nc(N7CCC(c8ccc9c%10c(cccc8%10)C(=O)N9C8CCC(=O)NC8=O)CC7)oc6c5)CC3CC4(C)C)c2)c1Cl. The van der Waals surface area contributed by atoms with Crippen LogP contribution in [0.25, 0.3) is 32.3 Å². The number of imide groups is 1. The van der Waals surface area contributed by atoms with Crippen LogP contribution in [0.15, 0.2) is 77.2 Å². The number of ether oxygens (including phenoxy) is 3. The van der Waals surface area contributed by atoms with Crippen LogP contribution in [0.4, 0.5) is 17.4 Å². The molecule has 12 rings (SSSR count). The van der Waals surface area contributed by atoms with E-state index in [9.17, 15) is 32.4 Å². The summed E-state index contributed by atoms with van der Waals surface area (Å²) in [5.74, 6) is -2.17. The predicted octanol–water partition coefficient (Wildman–Crippen LogP) is 8.67. The van der Waals surface area contributed by atoms with Crippen LogP contribution in [-0.2, 0) is 39.6 Å². The molecule has 5 fully saturated rings. The number of sulfonamides is 1. The second-order valence-electron chi connectivity index (χ2n) is 20.5. The molecule has 2 aromatic heterocycles. The summed E-state index contributed by atoms with van der Waals surface area (Å²) < 4.78 is 52.6. The second kappa shape index (κ2) is 19.3. The monoisotopic (exact) mass is 1060 g/mol. The van der Waals surface area contributed by atoms with Crippen LogP contribution in [0.3, 0.4) is 0 Å². The Hall–Kier alpha value is -6.54. The minimum atomic E-state index is -3.77. The quantitative estimate of drug-likeness (QED) is 0.0774. The molecule has 6 aromatic rings. The molecule has 4 aromatic carbocycles. The summed E-state index contributed by atoms with van der Waals surface area (Å²) in [7, 11) is -2.51. The Balaban J connectivity index is 0.745. The van der Waals surface area contributed by atoms with Crippen LogP contribution < -0.4 is 25.2 Å². The second-order valence-corrected chi connectivity index (χ2v) is 23.8. The zero-order chi connectivity index (χ0) is 51.8. The van der Waals surface area contributed by atoms with Gasteiger partial charge in [0.15, 0.2) is 22.8 Å². The lowest BCUT2D eigenvalue weighted by molar-refractivity contribution is -0.145. The van der Waals surface area contributed by atoms with Crippen molar-refractivity contribution in [3.05, 3.63) is 99.4 Å². The molecule has 1 saturated carbocycles. The maximum atomic E-state index is 14.5. The number of halogens is 1. The maximum absolute atomic E-state index is 14.5. The Kier molecular flexibility index (Phi) is 13.0. The Morgan fingerprint density at radius 2 is 1.81 bits per heavy atom. The van der Waals surface area contributed by atoms with Crippen LogP contribution in [0.2, 0.25) is 5.02 Å². The maximum Gasteiger partial charge on any atom is 0.351 e. The Morgan fingerprint density at radius 1 is 1.01 bits per heavy atom. The summed E-state index contributed by atoms with van der Waals surface area (Å²) in [6.45, 7) is 7.44. The van der Waals surface area contributed by atoms with E-state index in [-0.39, 0.29) is 82.0 Å². The Labute approximate surface area is 436 Å². The van der Waals surface area contributed by atoms with Crippen LogP contribution >= 0.6 is 22.9 Å². The van der Waals surface area contributed by atoms with Crippen LogP contribution in [-0.4, -0.2) is 105 Å². The van der Waals surface area contributed by atoms with Crippen molar-refractivity contribution in [2.75, 3.05) is 55.1 Å². The average Bonchev–Trinajstić information content (AvgIpc) is 4.04. The van der Waals surface area contributed by atoms with E-state index in [0.29, 0.717) is 64.9 Å². The summed E-state index contributed by atoms with van der Waals surface area (Å²) in [5.41, 5.74) is 5.44. The van der Waals surface area contributed by atoms with E-state index in [0.717, 1.165) is 58.2 Å². The summed E-state index contributed by atoms with van der Waals surface area (Å²) in [6, 6.07) is 22.3. The number of esters is 2. The topological polar surface area (TPSA) is 207 Å². The molecule has 2 bridgehead atoms. The van der Waals surface area contributed by atoms with Gasteiger partial charge < -0.3 is 28.8 Å². The number of nitrogens with zero attached hydrogens (tertiary/aromatic N) is 4. The minimum absolute atomic E-state index is 0.0108. The lowest BCUT2D eigenvalue weighted by Crippen LogP contribution is -2.64. The lowest BCUT2D eigenvalue weighted by atomic mass is 9.63. The van der Waals surface area contributed by atoms with Gasteiger partial charge in [0.1, 0.15) is 16.6 Å². The first-order valence-electron chi connectivity index (χ1n) is 24.9. The van der Waals surface area contributed by atoms with Gasteiger partial charge in [-0.3, -0.25) is 24.6 Å². The van der Waals surface area contributed by atoms with Gasteiger partial charge in [-0.05, 0) is 115 Å². The van der Waals surface area contributed by atoms with Gasteiger partial charge in [-0.25, -0.2) is 18.0 Å². The molecule has 2 N–H and O–H groups in total. The van der Waals surface area contributed by atoms with E-state index in [1.54, 1.807) is 28.3 Å². The standard InChI is InChI=1S/C54H55ClN6O11S2/c1-5-70-44(63)27-71-47-46(55)48(73-49(47)52(66)69-4)31-8-6-9-33(23-31)56-38-24-42-54(2,3)25-32(38)26-60(42)74(67,68)28-29-12-14-37-41(22-29)72-53(57-37)59-20-18-30(19-21-59)34-13-15-39-45-35(34)10-7-11-36(45)51(65)61(39)40-16-17-43(62)58-50(40)64/h6-15,22-23,30,32,38,40,42,56H,5,16-21,24-28H2,1-4H3,(H,58,62,64). The molecule has 4 saturated heterocycles. The number of thiophene rings is 1. The number of piperidine rings is 4. The molecule has 0 spiro atoms. The van der Waals surface area contributed by atoms with Gasteiger partial charge in [-0.2, -0.15) is 9.29 Å². The van der Waals surface area contributed by atoms with Gasteiger partial charge in [-0.15, -0.1) is 11.3 Å². The number of rotatable bonds is 14. The number of amides is 3. The molecular weight excluding hydrogens is 1010 g/mol. The van der Waals surface area contributed by atoms with Gasteiger partial charge >= 0.3 is 11.9 Å². The zero-order valence-corrected chi connectivity index (χ0v) is 43.7. The zero-order valence-electron chi connectivity index (χ0n) is 41.3. The van der Waals surface area contributed by atoms with Gasteiger partial charge in [-0.1, -0.05) is 61.8 Å². The number of benzene rings is 4. The highest BCUT2D eigenvalue weighted by Crippen LogP contribution is 2.51. The van der Waals surface area contributed by atoms with Crippen LogP contribution in [0.5, 0.6) is 5.75 Å². The largest absolute Gasteiger partial charge is 0.479 e. The number of methoxy groups -OCH3 is 1. The summed E-state index contributed by atoms with van der Waals surface area (Å²) >= 11 is 7.92. The summed E-state index contributed by atoms with van der Waals surface area (Å²) in [4.78, 5) is 72.5. The van der Waals surface area contributed by atoms with Crippen molar-refractivity contribution in [1.29, 1.82) is 0 Å². The average molecular weight is 1060 g/mol. The molecule has 74 heavy (non-hydrogen) atoms. The highest BCUT2D eigenvalue weighted by atomic mass is 35.5. The van der Waals surface area contributed by atoms with Gasteiger partial charge in [0.05, 0.1) is 30.0 Å². The number of nitrogens with one attached hydrogen (secondary N) is 2. The highest BCUT2D eigenvalue weighted by Gasteiger charge is 2.53. The molecule has 4 unspecified atom stereocenters. The van der Waals surface area contributed by atoms with E-state index in [2.05, 4.69) is 35.4 Å². The fraction of sp³-hybridized carbons (Fsp3) is 0.407. The third kappa shape index (κ3) is 8.94. The predicted molar refractivity (Wildman–Crippen MR) is 280 cm³/mol. The van der Waals surface area contributed by atoms with E-state index in [1.165, 1.54) is 7.11 Å². The number of anilines is 3. The molecule has 5 aliphatic heterocycles. The molecule has 1 aliphatic carbocycles. The highest BCUT2D eigenvalue weighted by molar-refractivity contribution is 7.88. The van der Waals surface area contributed by atoms with E-state index in [1.807, 2.05) is 54.6 Å². The first kappa shape index (κ1) is 49.7. The van der Waals surface area contributed by atoms with Crippen molar-refractivity contribution in [2.45, 2.75) is 89.1 Å². The number of hydrogen-bond donors (Lipinski definition) is 2. The number of aromatic nitrogens is 1. The number of fused-ring (bicyclic) bond motifs is 4. The van der Waals surface area contributed by atoms with Crippen molar-refractivity contribution >= 4 is 102 Å². The van der Waals surface area contributed by atoms with Crippen LogP contribution in [0, 0.1) is 11.3 Å². The van der Waals surface area contributed by atoms with Crippen molar-refractivity contribution < 1.29 is 51.0 Å². The smallest absolute Gasteiger partial charge is 0.351 e. The number of hydrogen-bond acceptors (Lipinski definition) is 15. The Morgan fingerprint density at radius 3 is 2.57 bits per heavy atom. The van der Waals surface area contributed by atoms with Crippen molar-refractivity contribution in [3.8, 4) is 16.2 Å². The Bertz CT molecular complexity index is 3400. The fourth-order valence-corrected chi connectivity index (χ4v) is 15.4. The first-order chi connectivity index (χ1) is 35.5. The molecule has 6 aliphatic rings. The minimum Gasteiger partial charge on any atom is -0.479 e. The molecule has 386 valence electrons. The van der Waals surface area contributed by atoms with Crippen molar-refractivity contribution in [1.82, 2.24) is 14.6 Å². The van der Waals surface area contributed by atoms with Crippen molar-refractivity contribution in [2.24, 2.45) is 11.3 Å². The number of carbonyl (C=O) groups is 5. The van der Waals surface area contributed by atoms with Gasteiger partial charge in [0.25, 0.3) is 11.9 Å². The molecule has 4 atom stereocenters. The molecular formula is C54H55ClN6O11S2. The number of oxazole rings is 1. The molecule has 7 heterocycles. The lowest BCUT2D eigenvalue weighted by Gasteiger charge is -2.56. The van der Waals surface area contributed by atoms with Crippen molar-refractivity contribution in [3.63, 3.8) is 0 Å². The summed E-state index contributed by atoms with van der Waals surface area (Å²) in [5, 5.41) is 8.09. The van der Waals surface area contributed by atoms with E-state index >= 15 is 0 Å². The first-order valence-corrected chi connectivity index (χ1v) is 27.7. The molecule has 20 heteroatoms. The molecule has 17 nitrogen and oxygen atoms in total. The fourth-order valence-electron chi connectivity index (χ4n) is 12.0. The molecule has 3 amide bonds. The molecule has 0 radical (unpaired) electrons. The third-order valence-corrected chi connectivity index (χ3v) is 18.9. The van der Waals surface area contributed by atoms with Gasteiger partial charge in [0, 0.05) is 54.8 Å². The summed E-state index contributed by atoms with van der Waals surface area (Å²) in [6.07, 6.45) is 3.51. The van der Waals surface area contributed by atoms with Gasteiger partial charge in [0.2, 0.25) is 21.8 Å². The normalized spacial score (nSPS) is 21.9. The van der Waals surface area contributed by atoms with Crippen LogP contribution in [0.1, 0.15) is 96.4 Å².